The summed E-state index contributed by atoms with van der Waals surface area (Å²) in [5.41, 5.74) is 7.96. The number of benzene rings is 1. The summed E-state index contributed by atoms with van der Waals surface area (Å²) < 4.78 is 7.81. The lowest BCUT2D eigenvalue weighted by Gasteiger charge is -2.12. The molecule has 1 aromatic carbocycles. The monoisotopic (exact) mass is 322 g/mol. The highest BCUT2D eigenvalue weighted by Gasteiger charge is 2.07. The van der Waals surface area contributed by atoms with Crippen LogP contribution < -0.4 is 16.0 Å². The van der Waals surface area contributed by atoms with Crippen molar-refractivity contribution < 1.29 is 4.74 Å². The van der Waals surface area contributed by atoms with E-state index in [9.17, 15) is 4.79 Å². The summed E-state index contributed by atoms with van der Waals surface area (Å²) in [6, 6.07) is 7.23. The molecule has 5 heteroatoms. The van der Waals surface area contributed by atoms with Crippen molar-refractivity contribution in [1.29, 1.82) is 0 Å². The molecule has 0 aliphatic carbocycles. The van der Waals surface area contributed by atoms with E-state index in [-0.39, 0.29) is 5.56 Å². The molecule has 2 rings (SSSR count). The molecule has 0 aliphatic rings. The second-order valence-corrected chi connectivity index (χ2v) is 5.26. The van der Waals surface area contributed by atoms with Gasteiger partial charge < -0.3 is 15.0 Å². The van der Waals surface area contributed by atoms with Crippen molar-refractivity contribution in [3.05, 3.63) is 56.4 Å². The molecule has 0 atom stereocenters. The molecule has 0 bridgehead atoms. The number of methoxy groups -OCH3 is 1. The first-order valence-corrected chi connectivity index (χ1v) is 6.59. The summed E-state index contributed by atoms with van der Waals surface area (Å²) in [5, 5.41) is 0. The molecule has 0 saturated heterocycles. The molecule has 0 spiro atoms. The number of nitrogens with two attached hydrogens (primary N) is 1. The van der Waals surface area contributed by atoms with Crippen molar-refractivity contribution in [3.63, 3.8) is 0 Å². The van der Waals surface area contributed by atoms with E-state index < -0.39 is 0 Å². The predicted molar refractivity (Wildman–Crippen MR) is 79.6 cm³/mol. The zero-order chi connectivity index (χ0) is 14.0. The summed E-state index contributed by atoms with van der Waals surface area (Å²) in [5.74, 6) is 0.685. The first kappa shape index (κ1) is 13.7. The molecule has 100 valence electrons. The Morgan fingerprint density at radius 3 is 2.79 bits per heavy atom. The molecule has 2 aromatic rings. The van der Waals surface area contributed by atoms with Crippen molar-refractivity contribution in [3.8, 4) is 5.75 Å². The third-order valence-electron chi connectivity index (χ3n) is 2.88. The quantitative estimate of drug-likeness (QED) is 0.883. The Hall–Kier alpha value is -1.75. The Kier molecular flexibility index (Phi) is 3.95. The molecule has 0 unspecified atom stereocenters. The van der Waals surface area contributed by atoms with Gasteiger partial charge in [0.1, 0.15) is 5.75 Å². The fourth-order valence-electron chi connectivity index (χ4n) is 1.93. The second kappa shape index (κ2) is 5.48. The molecule has 1 heterocycles. The number of nitrogen functional groups attached to an aromatic ring is 1. The van der Waals surface area contributed by atoms with Crippen molar-refractivity contribution in [1.82, 2.24) is 4.57 Å². The highest BCUT2D eigenvalue weighted by molar-refractivity contribution is 9.10. The molecule has 1 aromatic heterocycles. The summed E-state index contributed by atoms with van der Waals surface area (Å²) in [6.45, 7) is 2.24. The van der Waals surface area contributed by atoms with Crippen LogP contribution in [0.4, 0.5) is 5.69 Å². The van der Waals surface area contributed by atoms with Crippen LogP contribution in [0.3, 0.4) is 0 Å². The SMILES string of the molecule is COc1cc(N)ccc1Cn1cc(Br)cc(C)c1=O. The van der Waals surface area contributed by atoms with E-state index in [4.69, 9.17) is 10.5 Å². The van der Waals surface area contributed by atoms with Crippen molar-refractivity contribution in [2.75, 3.05) is 12.8 Å². The summed E-state index contributed by atoms with van der Waals surface area (Å²) in [6.07, 6.45) is 1.77. The fourth-order valence-corrected chi connectivity index (χ4v) is 2.52. The van der Waals surface area contributed by atoms with E-state index in [2.05, 4.69) is 15.9 Å². The van der Waals surface area contributed by atoms with Crippen LogP contribution in [0.5, 0.6) is 5.75 Å². The standard InChI is InChI=1S/C14H15BrN2O2/c1-9-5-11(15)8-17(14(9)18)7-10-3-4-12(16)6-13(10)19-2/h3-6,8H,7,16H2,1-2H3. The number of halogens is 1. The van der Waals surface area contributed by atoms with Gasteiger partial charge in [-0.2, -0.15) is 0 Å². The normalized spacial score (nSPS) is 10.5. The Labute approximate surface area is 119 Å². The summed E-state index contributed by atoms with van der Waals surface area (Å²) in [4.78, 5) is 12.1. The van der Waals surface area contributed by atoms with Gasteiger partial charge in [-0.1, -0.05) is 6.07 Å². The number of pyridine rings is 1. The number of rotatable bonds is 3. The third-order valence-corrected chi connectivity index (χ3v) is 3.32. The van der Waals surface area contributed by atoms with Crippen molar-refractivity contribution in [2.24, 2.45) is 0 Å². The molecule has 2 N–H and O–H groups in total. The Bertz CT molecular complexity index is 665. The third kappa shape index (κ3) is 2.98. The Morgan fingerprint density at radius 2 is 2.11 bits per heavy atom. The predicted octanol–water partition coefficient (Wildman–Crippen LogP) is 2.56. The van der Waals surface area contributed by atoms with Gasteiger partial charge >= 0.3 is 0 Å². The molecule has 0 fully saturated rings. The van der Waals surface area contributed by atoms with Gasteiger partial charge in [-0.15, -0.1) is 0 Å². The summed E-state index contributed by atoms with van der Waals surface area (Å²) >= 11 is 3.40. The van der Waals surface area contributed by atoms with Crippen LogP contribution >= 0.6 is 15.9 Å². The molecule has 0 saturated carbocycles. The lowest BCUT2D eigenvalue weighted by molar-refractivity contribution is 0.408. The van der Waals surface area contributed by atoms with E-state index in [0.29, 0.717) is 23.5 Å². The number of hydrogen-bond acceptors (Lipinski definition) is 3. The van der Waals surface area contributed by atoms with E-state index in [1.165, 1.54) is 0 Å². The van der Waals surface area contributed by atoms with Gasteiger partial charge in [-0.3, -0.25) is 4.79 Å². The van der Waals surface area contributed by atoms with Crippen LogP contribution in [0.25, 0.3) is 0 Å². The molecule has 4 nitrogen and oxygen atoms in total. The average molecular weight is 323 g/mol. The molecular weight excluding hydrogens is 308 g/mol. The van der Waals surface area contributed by atoms with Gasteiger partial charge in [-0.25, -0.2) is 0 Å². The van der Waals surface area contributed by atoms with Crippen LogP contribution in [0.1, 0.15) is 11.1 Å². The molecule has 0 radical (unpaired) electrons. The van der Waals surface area contributed by atoms with Gasteiger partial charge in [-0.05, 0) is 35.0 Å². The van der Waals surface area contributed by atoms with Gasteiger partial charge in [0.15, 0.2) is 0 Å². The van der Waals surface area contributed by atoms with E-state index in [0.717, 1.165) is 10.0 Å². The average Bonchev–Trinajstić information content (AvgIpc) is 2.37. The van der Waals surface area contributed by atoms with Crippen LogP contribution in [0.2, 0.25) is 0 Å². The fraction of sp³-hybridized carbons (Fsp3) is 0.214. The maximum absolute atomic E-state index is 12.1. The molecule has 0 aliphatic heterocycles. The van der Waals surface area contributed by atoms with Crippen molar-refractivity contribution >= 4 is 21.6 Å². The number of hydrogen-bond donors (Lipinski definition) is 1. The second-order valence-electron chi connectivity index (χ2n) is 4.35. The van der Waals surface area contributed by atoms with Crippen molar-refractivity contribution in [2.45, 2.75) is 13.5 Å². The first-order chi connectivity index (χ1) is 9.01. The highest BCUT2D eigenvalue weighted by atomic mass is 79.9. The highest BCUT2D eigenvalue weighted by Crippen LogP contribution is 2.22. The Balaban J connectivity index is 2.44. The smallest absolute Gasteiger partial charge is 0.253 e. The minimum Gasteiger partial charge on any atom is -0.496 e. The van der Waals surface area contributed by atoms with Crippen LogP contribution in [0.15, 0.2) is 39.7 Å². The molecule has 19 heavy (non-hydrogen) atoms. The first-order valence-electron chi connectivity index (χ1n) is 5.80. The number of nitrogens with zero attached hydrogens (tertiary/aromatic N) is 1. The van der Waals surface area contributed by atoms with E-state index in [1.54, 1.807) is 43.0 Å². The van der Waals surface area contributed by atoms with Crippen LogP contribution in [-0.4, -0.2) is 11.7 Å². The van der Waals surface area contributed by atoms with Crippen LogP contribution in [0, 0.1) is 6.92 Å². The maximum Gasteiger partial charge on any atom is 0.253 e. The number of aryl methyl sites for hydroxylation is 1. The zero-order valence-corrected chi connectivity index (χ0v) is 12.4. The minimum absolute atomic E-state index is 0.0120. The number of ether oxygens (including phenoxy) is 1. The molecular formula is C14H15BrN2O2. The Morgan fingerprint density at radius 1 is 1.37 bits per heavy atom. The zero-order valence-electron chi connectivity index (χ0n) is 10.8. The minimum atomic E-state index is -0.0120. The van der Waals surface area contributed by atoms with Gasteiger partial charge in [0, 0.05) is 33.6 Å². The van der Waals surface area contributed by atoms with Gasteiger partial charge in [0.2, 0.25) is 0 Å². The largest absolute Gasteiger partial charge is 0.496 e. The lowest BCUT2D eigenvalue weighted by atomic mass is 10.1. The van der Waals surface area contributed by atoms with Gasteiger partial charge in [0.05, 0.1) is 13.7 Å². The number of aromatic nitrogens is 1. The maximum atomic E-state index is 12.1. The van der Waals surface area contributed by atoms with Gasteiger partial charge in [0.25, 0.3) is 5.56 Å². The topological polar surface area (TPSA) is 57.2 Å². The molecule has 0 amide bonds. The number of anilines is 1. The lowest BCUT2D eigenvalue weighted by Crippen LogP contribution is -2.22. The van der Waals surface area contributed by atoms with Crippen LogP contribution in [-0.2, 0) is 6.54 Å². The van der Waals surface area contributed by atoms with E-state index >= 15 is 0 Å². The summed E-state index contributed by atoms with van der Waals surface area (Å²) in [7, 11) is 1.59. The van der Waals surface area contributed by atoms with E-state index in [1.807, 2.05) is 6.07 Å².